The average molecular weight is 296 g/mol. The van der Waals surface area contributed by atoms with E-state index in [0.29, 0.717) is 12.0 Å². The lowest BCUT2D eigenvalue weighted by molar-refractivity contribution is -0.108. The highest BCUT2D eigenvalue weighted by Gasteiger charge is 2.35. The molecule has 0 saturated heterocycles. The van der Waals surface area contributed by atoms with Gasteiger partial charge in [0.2, 0.25) is 0 Å². The second kappa shape index (κ2) is 7.02. The van der Waals surface area contributed by atoms with Crippen molar-refractivity contribution in [2.24, 2.45) is 0 Å². The van der Waals surface area contributed by atoms with Crippen molar-refractivity contribution in [2.45, 2.75) is 50.9 Å². The Bertz CT molecular complexity index is 447. The monoisotopic (exact) mass is 296 g/mol. The largest absolute Gasteiger partial charge is 0.456 e. The van der Waals surface area contributed by atoms with E-state index in [9.17, 15) is 20.1 Å². The molecule has 0 aliphatic heterocycles. The molecular formula is C16H24O5. The van der Waals surface area contributed by atoms with Crippen LogP contribution in [0.3, 0.4) is 0 Å². The van der Waals surface area contributed by atoms with Crippen LogP contribution in [0.5, 0.6) is 0 Å². The summed E-state index contributed by atoms with van der Waals surface area (Å²) in [5.41, 5.74) is -2.13. The lowest BCUT2D eigenvalue weighted by Crippen LogP contribution is -2.46. The van der Waals surface area contributed by atoms with Crippen molar-refractivity contribution in [3.05, 3.63) is 35.9 Å². The van der Waals surface area contributed by atoms with Crippen LogP contribution in [0.25, 0.3) is 0 Å². The summed E-state index contributed by atoms with van der Waals surface area (Å²) in [5.74, 6) is -0.565. The van der Waals surface area contributed by atoms with Gasteiger partial charge in [0.05, 0.1) is 17.8 Å². The van der Waals surface area contributed by atoms with E-state index in [4.69, 9.17) is 4.74 Å². The van der Waals surface area contributed by atoms with Crippen molar-refractivity contribution in [1.29, 1.82) is 0 Å². The highest BCUT2D eigenvalue weighted by molar-refractivity contribution is 5.89. The number of hydrogen-bond acceptors (Lipinski definition) is 5. The summed E-state index contributed by atoms with van der Waals surface area (Å²) in [6.45, 7) is 4.14. The van der Waals surface area contributed by atoms with Gasteiger partial charge in [-0.05, 0) is 45.7 Å². The van der Waals surface area contributed by atoms with Gasteiger partial charge >= 0.3 is 5.97 Å². The van der Waals surface area contributed by atoms with E-state index in [2.05, 4.69) is 0 Å². The zero-order valence-electron chi connectivity index (χ0n) is 12.7. The van der Waals surface area contributed by atoms with Crippen LogP contribution in [0.2, 0.25) is 0 Å². The molecule has 0 aromatic heterocycles. The van der Waals surface area contributed by atoms with Crippen molar-refractivity contribution in [1.82, 2.24) is 0 Å². The summed E-state index contributed by atoms with van der Waals surface area (Å²) in [5, 5.41) is 29.2. The topological polar surface area (TPSA) is 87.0 Å². The molecule has 0 saturated carbocycles. The minimum atomic E-state index is -1.56. The molecule has 0 radical (unpaired) electrons. The average Bonchev–Trinajstić information content (AvgIpc) is 2.43. The van der Waals surface area contributed by atoms with Crippen LogP contribution in [-0.2, 0) is 4.74 Å². The summed E-state index contributed by atoms with van der Waals surface area (Å²) in [4.78, 5) is 12.1. The van der Waals surface area contributed by atoms with Crippen LogP contribution in [0.15, 0.2) is 30.3 Å². The van der Waals surface area contributed by atoms with Gasteiger partial charge in [-0.3, -0.25) is 0 Å². The lowest BCUT2D eigenvalue weighted by Gasteiger charge is -2.32. The van der Waals surface area contributed by atoms with Crippen LogP contribution in [0, 0.1) is 0 Å². The third-order valence-electron chi connectivity index (χ3n) is 3.29. The molecule has 1 rings (SSSR count). The predicted molar refractivity (Wildman–Crippen MR) is 78.9 cm³/mol. The first-order valence-corrected chi connectivity index (χ1v) is 6.97. The number of hydrogen-bond donors (Lipinski definition) is 3. The molecule has 1 aromatic carbocycles. The number of ether oxygens (including phenoxy) is 1. The number of rotatable bonds is 7. The molecule has 0 unspecified atom stereocenters. The summed E-state index contributed by atoms with van der Waals surface area (Å²) in [7, 11) is 0. The minimum absolute atomic E-state index is 0.246. The predicted octanol–water partition coefficient (Wildman–Crippen LogP) is 1.51. The van der Waals surface area contributed by atoms with Gasteiger partial charge in [0.1, 0.15) is 11.7 Å². The summed E-state index contributed by atoms with van der Waals surface area (Å²) in [6.07, 6.45) is -0.326. The molecule has 0 bridgehead atoms. The van der Waals surface area contributed by atoms with Crippen molar-refractivity contribution in [3.63, 3.8) is 0 Å². The first-order chi connectivity index (χ1) is 9.65. The van der Waals surface area contributed by atoms with Crippen LogP contribution in [0.1, 0.15) is 44.0 Å². The maximum Gasteiger partial charge on any atom is 0.338 e. The van der Waals surface area contributed by atoms with Gasteiger partial charge in [-0.25, -0.2) is 4.79 Å². The van der Waals surface area contributed by atoms with E-state index in [-0.39, 0.29) is 6.42 Å². The molecule has 5 nitrogen and oxygen atoms in total. The number of carbonyl (C=O) groups is 1. The molecule has 0 aliphatic carbocycles. The van der Waals surface area contributed by atoms with Crippen LogP contribution in [-0.4, -0.2) is 45.2 Å². The van der Waals surface area contributed by atoms with Gasteiger partial charge in [0, 0.05) is 0 Å². The number of benzene rings is 1. The Morgan fingerprint density at radius 1 is 1.19 bits per heavy atom. The second-order valence-corrected chi connectivity index (χ2v) is 6.13. The first kappa shape index (κ1) is 17.6. The van der Waals surface area contributed by atoms with Gasteiger partial charge < -0.3 is 20.1 Å². The van der Waals surface area contributed by atoms with Crippen LogP contribution >= 0.6 is 0 Å². The van der Waals surface area contributed by atoms with Gasteiger partial charge in [0.15, 0.2) is 0 Å². The molecule has 0 heterocycles. The lowest BCUT2D eigenvalue weighted by atomic mass is 9.91. The van der Waals surface area contributed by atoms with Gasteiger partial charge in [-0.15, -0.1) is 0 Å². The number of esters is 1. The quantitative estimate of drug-likeness (QED) is 0.664. The van der Waals surface area contributed by atoms with E-state index in [0.717, 1.165) is 0 Å². The fraction of sp³-hybridized carbons (Fsp3) is 0.562. The first-order valence-electron chi connectivity index (χ1n) is 6.97. The molecular weight excluding hydrogens is 272 g/mol. The molecule has 0 spiro atoms. The highest BCUT2D eigenvalue weighted by Crippen LogP contribution is 2.23. The third kappa shape index (κ3) is 5.83. The Hall–Kier alpha value is -1.43. The van der Waals surface area contributed by atoms with Crippen molar-refractivity contribution >= 4 is 5.97 Å². The van der Waals surface area contributed by atoms with E-state index in [1.54, 1.807) is 44.2 Å². The van der Waals surface area contributed by atoms with E-state index in [1.165, 1.54) is 6.92 Å². The SMILES string of the molecule is CC(C)(O)CC[C@H](OC(=O)c1ccccc1)[C@@](C)(O)CO. The maximum absolute atomic E-state index is 12.1. The molecule has 0 fully saturated rings. The van der Waals surface area contributed by atoms with E-state index >= 15 is 0 Å². The normalized spacial score (nSPS) is 16.1. The van der Waals surface area contributed by atoms with Crippen LogP contribution < -0.4 is 0 Å². The van der Waals surface area contributed by atoms with Crippen molar-refractivity contribution in [3.8, 4) is 0 Å². The Kier molecular flexibility index (Phi) is 5.89. The minimum Gasteiger partial charge on any atom is -0.456 e. The fourth-order valence-electron chi connectivity index (χ4n) is 1.85. The molecule has 21 heavy (non-hydrogen) atoms. The Balaban J connectivity index is 2.80. The Morgan fingerprint density at radius 2 is 1.76 bits per heavy atom. The van der Waals surface area contributed by atoms with Crippen molar-refractivity contribution in [2.75, 3.05) is 6.61 Å². The molecule has 118 valence electrons. The zero-order valence-corrected chi connectivity index (χ0v) is 12.7. The molecule has 3 N–H and O–H groups in total. The summed E-state index contributed by atoms with van der Waals surface area (Å²) < 4.78 is 5.33. The highest BCUT2D eigenvalue weighted by atomic mass is 16.6. The second-order valence-electron chi connectivity index (χ2n) is 6.13. The summed E-state index contributed by atoms with van der Waals surface area (Å²) >= 11 is 0. The summed E-state index contributed by atoms with van der Waals surface area (Å²) in [6, 6.07) is 8.44. The molecule has 0 amide bonds. The van der Waals surface area contributed by atoms with E-state index in [1.807, 2.05) is 0 Å². The standard InChI is InChI=1S/C16H24O5/c1-15(2,19)10-9-13(16(3,20)11-17)21-14(18)12-7-5-4-6-8-12/h4-8,13,17,19-20H,9-11H2,1-3H3/t13-,16-/m0/s1. The number of aliphatic hydroxyl groups excluding tert-OH is 1. The van der Waals surface area contributed by atoms with Gasteiger partial charge in [0.25, 0.3) is 0 Å². The van der Waals surface area contributed by atoms with Crippen LogP contribution in [0.4, 0.5) is 0 Å². The van der Waals surface area contributed by atoms with Crippen molar-refractivity contribution < 1.29 is 24.9 Å². The molecule has 2 atom stereocenters. The van der Waals surface area contributed by atoms with Gasteiger partial charge in [-0.2, -0.15) is 0 Å². The molecule has 5 heteroatoms. The maximum atomic E-state index is 12.1. The van der Waals surface area contributed by atoms with Gasteiger partial charge in [-0.1, -0.05) is 18.2 Å². The zero-order chi connectivity index (χ0) is 16.1. The Morgan fingerprint density at radius 3 is 2.24 bits per heavy atom. The molecule has 0 aliphatic rings. The smallest absolute Gasteiger partial charge is 0.338 e. The number of aliphatic hydroxyl groups is 3. The van der Waals surface area contributed by atoms with E-state index < -0.39 is 29.9 Å². The Labute approximate surface area is 125 Å². The number of carbonyl (C=O) groups excluding carboxylic acids is 1. The third-order valence-corrected chi connectivity index (χ3v) is 3.29. The fourth-order valence-corrected chi connectivity index (χ4v) is 1.85. The molecule has 1 aromatic rings.